The normalized spacial score (nSPS) is 18.1. The summed E-state index contributed by atoms with van der Waals surface area (Å²) in [4.78, 5) is 5.54. The van der Waals surface area contributed by atoms with E-state index in [0.717, 1.165) is 0 Å². The van der Waals surface area contributed by atoms with Gasteiger partial charge in [0.1, 0.15) is 0 Å². The monoisotopic (exact) mass is 946 g/mol. The molecule has 2 aromatic heterocycles. The molecule has 2 aliphatic heterocycles. The molecule has 0 saturated heterocycles. The van der Waals surface area contributed by atoms with Crippen molar-refractivity contribution in [2.75, 3.05) is 9.80 Å². The molecule has 1 spiro atoms. The fourth-order valence-electron chi connectivity index (χ4n) is 14.0. The first-order chi connectivity index (χ1) is 33.4. The number of fused-ring (bicyclic) bond motifs is 15. The van der Waals surface area contributed by atoms with Gasteiger partial charge in [0, 0.05) is 58.4 Å². The zero-order valence-corrected chi connectivity index (χ0v) is 44.3. The van der Waals surface area contributed by atoms with E-state index in [-0.39, 0.29) is 33.8 Å². The summed E-state index contributed by atoms with van der Waals surface area (Å²) < 4.78 is 5.56. The first-order valence-electron chi connectivity index (χ1n) is 26.1. The Labute approximate surface area is 423 Å². The van der Waals surface area contributed by atoms with Gasteiger partial charge in [0.2, 0.25) is 0 Å². The van der Waals surface area contributed by atoms with Crippen molar-refractivity contribution in [1.82, 2.24) is 0 Å². The Balaban J connectivity index is 1.15. The van der Waals surface area contributed by atoms with Crippen molar-refractivity contribution in [3.05, 3.63) is 161 Å². The summed E-state index contributed by atoms with van der Waals surface area (Å²) in [6.45, 7) is 24.4. The van der Waals surface area contributed by atoms with Gasteiger partial charge in [0.05, 0.1) is 21.8 Å². The van der Waals surface area contributed by atoms with Crippen LogP contribution < -0.4 is 25.5 Å². The number of benzene rings is 7. The summed E-state index contributed by atoms with van der Waals surface area (Å²) in [5.41, 5.74) is 22.6. The van der Waals surface area contributed by atoms with Crippen LogP contribution in [-0.4, -0.2) is 6.71 Å². The van der Waals surface area contributed by atoms with Crippen LogP contribution in [0.4, 0.5) is 34.1 Å². The number of hydrogen-bond acceptors (Lipinski definition) is 4. The van der Waals surface area contributed by atoms with E-state index in [0.29, 0.717) is 0 Å². The molecule has 5 aliphatic rings. The predicted octanol–water partition coefficient (Wildman–Crippen LogP) is 17.1. The van der Waals surface area contributed by atoms with Crippen LogP contribution in [-0.2, 0) is 27.1 Å². The van der Waals surface area contributed by atoms with Gasteiger partial charge in [0.25, 0.3) is 6.71 Å². The summed E-state index contributed by atoms with van der Waals surface area (Å²) in [6, 6.07) is 51.1. The molecule has 7 aromatic carbocycles. The number of rotatable bonds is 2. The van der Waals surface area contributed by atoms with E-state index in [4.69, 9.17) is 0 Å². The van der Waals surface area contributed by atoms with Crippen molar-refractivity contribution in [3.8, 4) is 11.1 Å². The molecule has 0 N–H and O–H groups in total. The molecular formula is C65H63BN2S2. The van der Waals surface area contributed by atoms with Gasteiger partial charge < -0.3 is 9.80 Å². The van der Waals surface area contributed by atoms with Crippen molar-refractivity contribution in [2.45, 2.75) is 135 Å². The lowest BCUT2D eigenvalue weighted by Gasteiger charge is -2.45. The van der Waals surface area contributed by atoms with E-state index in [2.05, 4.69) is 218 Å². The molecular weight excluding hydrogens is 884 g/mol. The van der Waals surface area contributed by atoms with Crippen molar-refractivity contribution < 1.29 is 0 Å². The number of nitrogens with zero attached hydrogens (tertiary/aromatic N) is 2. The summed E-state index contributed by atoms with van der Waals surface area (Å²) in [5, 5.41) is 4.07. The van der Waals surface area contributed by atoms with Crippen LogP contribution in [0.1, 0.15) is 141 Å². The molecule has 1 fully saturated rings. The van der Waals surface area contributed by atoms with Crippen molar-refractivity contribution in [1.29, 1.82) is 0 Å². The van der Waals surface area contributed by atoms with E-state index < -0.39 is 0 Å². The molecule has 0 amide bonds. The van der Waals surface area contributed by atoms with Crippen molar-refractivity contribution in [3.63, 3.8) is 0 Å². The topological polar surface area (TPSA) is 6.48 Å². The van der Waals surface area contributed by atoms with Gasteiger partial charge in [-0.15, -0.1) is 22.7 Å². The fourth-order valence-corrected chi connectivity index (χ4v) is 16.6. The van der Waals surface area contributed by atoms with Crippen LogP contribution in [0.3, 0.4) is 0 Å². The van der Waals surface area contributed by atoms with Gasteiger partial charge in [-0.1, -0.05) is 161 Å². The minimum atomic E-state index is -0.125. The molecule has 3 aliphatic carbocycles. The highest BCUT2D eigenvalue weighted by molar-refractivity contribution is 7.33. The third-order valence-electron chi connectivity index (χ3n) is 18.0. The summed E-state index contributed by atoms with van der Waals surface area (Å²) >= 11 is 4.02. The SMILES string of the molecule is CC(C)(C)c1ccc2c(c1)N(c1cccc3c1sc1ccccc13)c1cc(C(C)(C)C)cc3c1B2c1sc2cc4c(cc2c1N3c1cccc2c1-c1ccccc1C21CCCC1)C(C)(C)CCC4(C)C. The van der Waals surface area contributed by atoms with Crippen LogP contribution in [0.5, 0.6) is 0 Å². The molecule has 0 bridgehead atoms. The Hall–Kier alpha value is -5.62. The molecule has 0 atom stereocenters. The average Bonchev–Trinajstić information content (AvgIpc) is 4.13. The van der Waals surface area contributed by atoms with Gasteiger partial charge in [-0.25, -0.2) is 0 Å². The zero-order valence-electron chi connectivity index (χ0n) is 42.7. The summed E-state index contributed by atoms with van der Waals surface area (Å²) in [6.07, 6.45) is 7.38. The molecule has 70 heavy (non-hydrogen) atoms. The Morgan fingerprint density at radius 3 is 1.87 bits per heavy atom. The summed E-state index contributed by atoms with van der Waals surface area (Å²) in [7, 11) is 0. The molecule has 0 radical (unpaired) electrons. The minimum absolute atomic E-state index is 0.0332. The fraction of sp³-hybridized carbons (Fsp3) is 0.323. The maximum Gasteiger partial charge on any atom is 0.264 e. The molecule has 0 unspecified atom stereocenters. The van der Waals surface area contributed by atoms with Crippen LogP contribution >= 0.6 is 22.7 Å². The third-order valence-corrected chi connectivity index (χ3v) is 20.4. The lowest BCUT2D eigenvalue weighted by Crippen LogP contribution is -2.60. The highest BCUT2D eigenvalue weighted by Gasteiger charge is 2.50. The second kappa shape index (κ2) is 14.3. The van der Waals surface area contributed by atoms with Gasteiger partial charge in [-0.2, -0.15) is 0 Å². The standard InChI is InChI=1S/C65H63BN2S2/c1-61(2,3)38-27-28-48-51(33-38)67(50-25-17-21-41-40-19-12-14-26-54(40)69-59(41)50)52-34-39(62(4,5)6)35-53-57(52)66(48)60-58(43-36-46-47(37-55(43)70-60)64(9,10)32-31-63(46,7)8)68(53)49-24-18-23-45-56(49)42-20-11-13-22-44(42)65(45)29-15-16-30-65/h11-14,17-28,33-37H,15-16,29-32H2,1-10H3. The van der Waals surface area contributed by atoms with Gasteiger partial charge >= 0.3 is 0 Å². The highest BCUT2D eigenvalue weighted by Crippen LogP contribution is 2.62. The Bertz CT molecular complexity index is 3730. The van der Waals surface area contributed by atoms with E-state index in [1.807, 2.05) is 11.3 Å². The first kappa shape index (κ1) is 43.2. The number of thiophene rings is 2. The maximum atomic E-state index is 2.82. The second-order valence-corrected chi connectivity index (χ2v) is 27.2. The van der Waals surface area contributed by atoms with Gasteiger partial charge in [-0.3, -0.25) is 0 Å². The first-order valence-corrected chi connectivity index (χ1v) is 27.8. The molecule has 14 rings (SSSR count). The maximum absolute atomic E-state index is 2.82. The predicted molar refractivity (Wildman–Crippen MR) is 306 cm³/mol. The smallest absolute Gasteiger partial charge is 0.264 e. The van der Waals surface area contributed by atoms with Gasteiger partial charge in [0.15, 0.2) is 0 Å². The molecule has 9 aromatic rings. The molecule has 1 saturated carbocycles. The van der Waals surface area contributed by atoms with Crippen LogP contribution in [0.25, 0.3) is 41.4 Å². The lowest BCUT2D eigenvalue weighted by molar-refractivity contribution is 0.332. The third kappa shape index (κ3) is 5.80. The Morgan fingerprint density at radius 1 is 0.486 bits per heavy atom. The minimum Gasteiger partial charge on any atom is -0.310 e. The van der Waals surface area contributed by atoms with Crippen LogP contribution in [0, 0.1) is 0 Å². The van der Waals surface area contributed by atoms with Crippen molar-refractivity contribution in [2.24, 2.45) is 0 Å². The van der Waals surface area contributed by atoms with E-state index in [1.165, 1.54) is 163 Å². The van der Waals surface area contributed by atoms with Gasteiger partial charge in [-0.05, 0) is 146 Å². The van der Waals surface area contributed by atoms with E-state index in [9.17, 15) is 0 Å². The molecule has 348 valence electrons. The zero-order chi connectivity index (χ0) is 48.0. The van der Waals surface area contributed by atoms with Crippen LogP contribution in [0.2, 0.25) is 0 Å². The second-order valence-electron chi connectivity index (χ2n) is 25.1. The quantitative estimate of drug-likeness (QED) is 0.159. The average molecular weight is 947 g/mol. The Kier molecular flexibility index (Phi) is 8.82. The van der Waals surface area contributed by atoms with Crippen molar-refractivity contribution >= 4 is 109 Å². The Morgan fingerprint density at radius 2 is 1.11 bits per heavy atom. The largest absolute Gasteiger partial charge is 0.310 e. The molecule has 2 nitrogen and oxygen atoms in total. The molecule has 5 heteroatoms. The van der Waals surface area contributed by atoms with Crippen LogP contribution in [0.15, 0.2) is 127 Å². The molecule has 4 heterocycles. The summed E-state index contributed by atoms with van der Waals surface area (Å²) in [5.74, 6) is 0. The van der Waals surface area contributed by atoms with E-state index >= 15 is 0 Å². The number of anilines is 6. The number of hydrogen-bond donors (Lipinski definition) is 0. The lowest BCUT2D eigenvalue weighted by atomic mass is 9.36. The highest BCUT2D eigenvalue weighted by atomic mass is 32.1. The van der Waals surface area contributed by atoms with E-state index in [1.54, 1.807) is 0 Å².